The van der Waals surface area contributed by atoms with Crippen molar-refractivity contribution in [3.63, 3.8) is 0 Å². The fraction of sp³-hybridized carbons (Fsp3) is 0.111. The van der Waals surface area contributed by atoms with Gasteiger partial charge in [-0.2, -0.15) is 0 Å². The number of hydrogen-bond donors (Lipinski definition) is 2. The Balaban J connectivity index is 1.91. The fourth-order valence-electron chi connectivity index (χ4n) is 1.92. The summed E-state index contributed by atoms with van der Waals surface area (Å²) in [5, 5.41) is 10.9. The van der Waals surface area contributed by atoms with Gasteiger partial charge in [-0.3, -0.25) is 10.2 Å². The number of anilines is 1. The Bertz CT molecular complexity index is 713. The van der Waals surface area contributed by atoms with E-state index < -0.39 is 5.82 Å². The SMILES string of the molecule is CN(C(=N)/C=C\Nc1ccccc1)C(=O)Cc1ccccc1F. The van der Waals surface area contributed by atoms with Crippen molar-refractivity contribution in [3.05, 3.63) is 78.3 Å². The second kappa shape index (κ2) is 7.89. The van der Waals surface area contributed by atoms with Crippen LogP contribution in [0.3, 0.4) is 0 Å². The monoisotopic (exact) mass is 311 g/mol. The maximum absolute atomic E-state index is 13.6. The summed E-state index contributed by atoms with van der Waals surface area (Å²) in [5.74, 6) is -0.735. The van der Waals surface area contributed by atoms with Gasteiger partial charge in [-0.15, -0.1) is 0 Å². The molecule has 0 aliphatic rings. The van der Waals surface area contributed by atoms with Crippen molar-refractivity contribution in [2.75, 3.05) is 12.4 Å². The second-order valence-electron chi connectivity index (χ2n) is 4.95. The predicted octanol–water partition coefficient (Wildman–Crippen LogP) is 3.43. The van der Waals surface area contributed by atoms with Crippen LogP contribution in [0.2, 0.25) is 0 Å². The summed E-state index contributed by atoms with van der Waals surface area (Å²) in [4.78, 5) is 13.3. The highest BCUT2D eigenvalue weighted by atomic mass is 19.1. The third kappa shape index (κ3) is 4.78. The molecule has 2 rings (SSSR count). The van der Waals surface area contributed by atoms with E-state index >= 15 is 0 Å². The first-order chi connectivity index (χ1) is 11.1. The largest absolute Gasteiger partial charge is 0.362 e. The Labute approximate surface area is 134 Å². The molecule has 0 radical (unpaired) electrons. The molecule has 0 heterocycles. The van der Waals surface area contributed by atoms with Crippen molar-refractivity contribution in [1.29, 1.82) is 5.41 Å². The summed E-state index contributed by atoms with van der Waals surface area (Å²) in [7, 11) is 1.50. The van der Waals surface area contributed by atoms with Gasteiger partial charge in [0.15, 0.2) is 0 Å². The van der Waals surface area contributed by atoms with Crippen LogP contribution in [0.25, 0.3) is 0 Å². The van der Waals surface area contributed by atoms with Crippen LogP contribution in [0.15, 0.2) is 66.9 Å². The van der Waals surface area contributed by atoms with Gasteiger partial charge in [0, 0.05) is 18.9 Å². The number of nitrogens with zero attached hydrogens (tertiary/aromatic N) is 1. The molecular weight excluding hydrogens is 293 g/mol. The van der Waals surface area contributed by atoms with Gasteiger partial charge in [0.05, 0.1) is 6.42 Å². The van der Waals surface area contributed by atoms with E-state index in [1.807, 2.05) is 30.3 Å². The van der Waals surface area contributed by atoms with E-state index in [0.717, 1.165) is 5.69 Å². The number of para-hydroxylation sites is 1. The molecule has 0 spiro atoms. The Morgan fingerprint density at radius 2 is 1.83 bits per heavy atom. The standard InChI is InChI=1S/C18H18FN3O/c1-22(18(23)13-14-7-5-6-10-16(14)19)17(20)11-12-21-15-8-3-2-4-9-15/h2-12,20-21H,13H2,1H3/b12-11-,20-17?. The molecule has 118 valence electrons. The van der Waals surface area contributed by atoms with E-state index in [1.165, 1.54) is 24.1 Å². The topological polar surface area (TPSA) is 56.2 Å². The maximum Gasteiger partial charge on any atom is 0.232 e. The molecule has 5 heteroatoms. The molecule has 0 aromatic heterocycles. The number of likely N-dealkylation sites (N-methyl/N-ethyl adjacent to an activating group) is 1. The fourth-order valence-corrected chi connectivity index (χ4v) is 1.92. The molecule has 4 nitrogen and oxygen atoms in total. The minimum atomic E-state index is -0.415. The first kappa shape index (κ1) is 16.4. The third-order valence-corrected chi connectivity index (χ3v) is 3.30. The molecule has 0 fully saturated rings. The summed E-state index contributed by atoms with van der Waals surface area (Å²) in [5.41, 5.74) is 1.21. The lowest BCUT2D eigenvalue weighted by atomic mass is 10.1. The molecule has 0 saturated heterocycles. The quantitative estimate of drug-likeness (QED) is 0.656. The molecule has 2 N–H and O–H groups in total. The van der Waals surface area contributed by atoms with Gasteiger partial charge in [0.2, 0.25) is 5.91 Å². The summed E-state index contributed by atoms with van der Waals surface area (Å²) in [6, 6.07) is 15.6. The van der Waals surface area contributed by atoms with Crippen molar-refractivity contribution in [3.8, 4) is 0 Å². The molecule has 0 aliphatic carbocycles. The number of carbonyl (C=O) groups excluding carboxylic acids is 1. The number of nitrogens with one attached hydrogen (secondary N) is 2. The van der Waals surface area contributed by atoms with Crippen LogP contribution in [0, 0.1) is 11.2 Å². The predicted molar refractivity (Wildman–Crippen MR) is 89.8 cm³/mol. The Morgan fingerprint density at radius 3 is 2.52 bits per heavy atom. The minimum Gasteiger partial charge on any atom is -0.362 e. The van der Waals surface area contributed by atoms with Crippen molar-refractivity contribution in [2.24, 2.45) is 0 Å². The van der Waals surface area contributed by atoms with Crippen molar-refractivity contribution in [2.45, 2.75) is 6.42 Å². The van der Waals surface area contributed by atoms with Gasteiger partial charge in [-0.25, -0.2) is 4.39 Å². The molecule has 2 aromatic carbocycles. The normalized spacial score (nSPS) is 10.5. The van der Waals surface area contributed by atoms with E-state index in [0.29, 0.717) is 5.56 Å². The average molecular weight is 311 g/mol. The zero-order valence-corrected chi connectivity index (χ0v) is 12.8. The summed E-state index contributed by atoms with van der Waals surface area (Å²) < 4.78 is 13.6. The van der Waals surface area contributed by atoms with Gasteiger partial charge >= 0.3 is 0 Å². The lowest BCUT2D eigenvalue weighted by Crippen LogP contribution is -2.32. The number of carbonyl (C=O) groups is 1. The first-order valence-electron chi connectivity index (χ1n) is 7.14. The average Bonchev–Trinajstić information content (AvgIpc) is 2.57. The minimum absolute atomic E-state index is 0.0229. The molecule has 2 aromatic rings. The van der Waals surface area contributed by atoms with Gasteiger partial charge in [0.25, 0.3) is 0 Å². The van der Waals surface area contributed by atoms with Crippen LogP contribution in [0.1, 0.15) is 5.56 Å². The van der Waals surface area contributed by atoms with E-state index in [-0.39, 0.29) is 18.2 Å². The van der Waals surface area contributed by atoms with Gasteiger partial charge in [0.1, 0.15) is 11.7 Å². The highest BCUT2D eigenvalue weighted by molar-refractivity contribution is 6.02. The van der Waals surface area contributed by atoms with E-state index in [1.54, 1.807) is 24.4 Å². The number of amides is 1. The van der Waals surface area contributed by atoms with E-state index in [4.69, 9.17) is 5.41 Å². The summed E-state index contributed by atoms with van der Waals surface area (Å²) in [6.07, 6.45) is 2.99. The Kier molecular flexibility index (Phi) is 5.63. The molecule has 0 aliphatic heterocycles. The van der Waals surface area contributed by atoms with Crippen molar-refractivity contribution in [1.82, 2.24) is 4.90 Å². The lowest BCUT2D eigenvalue weighted by Gasteiger charge is -2.16. The van der Waals surface area contributed by atoms with Gasteiger partial charge in [-0.05, 0) is 29.8 Å². The zero-order valence-electron chi connectivity index (χ0n) is 12.8. The molecule has 1 amide bonds. The van der Waals surface area contributed by atoms with Crippen LogP contribution < -0.4 is 5.32 Å². The van der Waals surface area contributed by atoms with Crippen LogP contribution in [-0.2, 0) is 11.2 Å². The Hall–Kier alpha value is -2.95. The summed E-state index contributed by atoms with van der Waals surface area (Å²) in [6.45, 7) is 0. The van der Waals surface area contributed by atoms with Gasteiger partial charge in [-0.1, -0.05) is 36.4 Å². The van der Waals surface area contributed by atoms with Gasteiger partial charge < -0.3 is 10.2 Å². The number of benzene rings is 2. The van der Waals surface area contributed by atoms with Crippen LogP contribution in [0.5, 0.6) is 0 Å². The van der Waals surface area contributed by atoms with Crippen LogP contribution >= 0.6 is 0 Å². The second-order valence-corrected chi connectivity index (χ2v) is 4.95. The number of halogens is 1. The number of rotatable bonds is 5. The molecule has 0 bridgehead atoms. The van der Waals surface area contributed by atoms with Crippen LogP contribution in [0.4, 0.5) is 10.1 Å². The zero-order chi connectivity index (χ0) is 16.7. The molecule has 0 unspecified atom stereocenters. The smallest absolute Gasteiger partial charge is 0.232 e. The number of amidine groups is 1. The van der Waals surface area contributed by atoms with Crippen molar-refractivity contribution >= 4 is 17.4 Å². The highest BCUT2D eigenvalue weighted by Crippen LogP contribution is 2.09. The molecule has 23 heavy (non-hydrogen) atoms. The molecule has 0 atom stereocenters. The highest BCUT2D eigenvalue weighted by Gasteiger charge is 2.14. The number of hydrogen-bond acceptors (Lipinski definition) is 3. The molecular formula is C18H18FN3O. The van der Waals surface area contributed by atoms with Crippen LogP contribution in [-0.4, -0.2) is 23.7 Å². The van der Waals surface area contributed by atoms with E-state index in [2.05, 4.69) is 5.32 Å². The van der Waals surface area contributed by atoms with Crippen molar-refractivity contribution < 1.29 is 9.18 Å². The summed E-state index contributed by atoms with van der Waals surface area (Å²) >= 11 is 0. The third-order valence-electron chi connectivity index (χ3n) is 3.30. The lowest BCUT2D eigenvalue weighted by molar-refractivity contribution is -0.125. The first-order valence-corrected chi connectivity index (χ1v) is 7.14. The molecule has 0 saturated carbocycles. The maximum atomic E-state index is 13.6. The Morgan fingerprint density at radius 1 is 1.17 bits per heavy atom. The van der Waals surface area contributed by atoms with E-state index in [9.17, 15) is 9.18 Å².